The Morgan fingerprint density at radius 1 is 1.20 bits per heavy atom. The average Bonchev–Trinajstić information content (AvgIpc) is 2.62. The minimum atomic E-state index is -0.703. The average molecular weight is 341 g/mol. The van der Waals surface area contributed by atoms with Crippen molar-refractivity contribution in [3.05, 3.63) is 36.7 Å². The predicted molar refractivity (Wildman–Crippen MR) is 98.7 cm³/mol. The number of piperidine rings is 1. The maximum Gasteiger partial charge on any atom is 0.306 e. The lowest BCUT2D eigenvalue weighted by Crippen LogP contribution is -2.36. The van der Waals surface area contributed by atoms with Crippen molar-refractivity contribution in [3.8, 4) is 0 Å². The van der Waals surface area contributed by atoms with Crippen LogP contribution in [0.25, 0.3) is 0 Å². The Morgan fingerprint density at radius 3 is 2.48 bits per heavy atom. The van der Waals surface area contributed by atoms with Crippen LogP contribution in [0.5, 0.6) is 0 Å². The number of carboxylic acids is 1. The second-order valence-corrected chi connectivity index (χ2v) is 6.43. The van der Waals surface area contributed by atoms with Gasteiger partial charge in [-0.1, -0.05) is 0 Å². The van der Waals surface area contributed by atoms with Gasteiger partial charge in [0, 0.05) is 44.6 Å². The summed E-state index contributed by atoms with van der Waals surface area (Å²) in [5, 5.41) is 12.4. The van der Waals surface area contributed by atoms with Crippen molar-refractivity contribution in [2.45, 2.75) is 12.8 Å². The Hall–Kier alpha value is -2.83. The van der Waals surface area contributed by atoms with Crippen LogP contribution in [0.15, 0.2) is 36.7 Å². The lowest BCUT2D eigenvalue weighted by molar-refractivity contribution is -0.142. The van der Waals surface area contributed by atoms with E-state index in [0.717, 1.165) is 23.0 Å². The summed E-state index contributed by atoms with van der Waals surface area (Å²) in [7, 11) is 4.01. The molecule has 7 heteroatoms. The van der Waals surface area contributed by atoms with E-state index in [2.05, 4.69) is 20.2 Å². The van der Waals surface area contributed by atoms with Crippen LogP contribution < -0.4 is 15.1 Å². The third-order valence-corrected chi connectivity index (χ3v) is 4.48. The summed E-state index contributed by atoms with van der Waals surface area (Å²) < 4.78 is 0. The number of carboxylic acid groups (broad SMARTS) is 1. The summed E-state index contributed by atoms with van der Waals surface area (Å²) in [6, 6.07) is 10.0. The zero-order valence-corrected chi connectivity index (χ0v) is 14.5. The number of nitrogens with one attached hydrogen (secondary N) is 1. The maximum atomic E-state index is 11.1. The molecule has 1 aromatic heterocycles. The van der Waals surface area contributed by atoms with E-state index in [4.69, 9.17) is 5.11 Å². The van der Waals surface area contributed by atoms with E-state index < -0.39 is 5.97 Å². The van der Waals surface area contributed by atoms with Gasteiger partial charge >= 0.3 is 5.97 Å². The molecule has 7 nitrogen and oxygen atoms in total. The molecule has 0 amide bonds. The molecule has 0 spiro atoms. The van der Waals surface area contributed by atoms with Crippen LogP contribution in [-0.4, -0.2) is 48.2 Å². The molecule has 0 unspecified atom stereocenters. The Bertz CT molecular complexity index is 725. The van der Waals surface area contributed by atoms with Crippen LogP contribution in [0.3, 0.4) is 0 Å². The number of aliphatic carboxylic acids is 1. The molecule has 0 bridgehead atoms. The van der Waals surface area contributed by atoms with Gasteiger partial charge in [0.2, 0.25) is 0 Å². The minimum Gasteiger partial charge on any atom is -0.481 e. The Morgan fingerprint density at radius 2 is 1.88 bits per heavy atom. The Labute approximate surface area is 147 Å². The zero-order valence-electron chi connectivity index (χ0n) is 14.5. The van der Waals surface area contributed by atoms with Gasteiger partial charge in [0.05, 0.1) is 5.92 Å². The summed E-state index contributed by atoms with van der Waals surface area (Å²) in [5.41, 5.74) is 2.09. The molecule has 0 radical (unpaired) electrons. The monoisotopic (exact) mass is 341 g/mol. The van der Waals surface area contributed by atoms with Crippen molar-refractivity contribution < 1.29 is 9.90 Å². The van der Waals surface area contributed by atoms with E-state index in [9.17, 15) is 4.79 Å². The molecule has 132 valence electrons. The first kappa shape index (κ1) is 17.0. The summed E-state index contributed by atoms with van der Waals surface area (Å²) >= 11 is 0. The molecule has 2 aromatic rings. The lowest BCUT2D eigenvalue weighted by Gasteiger charge is -2.31. The first-order valence-corrected chi connectivity index (χ1v) is 8.37. The van der Waals surface area contributed by atoms with Gasteiger partial charge in [-0.15, -0.1) is 0 Å². The highest BCUT2D eigenvalue weighted by Crippen LogP contribution is 2.24. The summed E-state index contributed by atoms with van der Waals surface area (Å²) in [4.78, 5) is 23.8. The quantitative estimate of drug-likeness (QED) is 0.865. The molecule has 0 aliphatic carbocycles. The summed E-state index contributed by atoms with van der Waals surface area (Å²) in [6.45, 7) is 1.40. The number of anilines is 4. The molecule has 0 atom stereocenters. The fraction of sp³-hybridized carbons (Fsp3) is 0.389. The fourth-order valence-electron chi connectivity index (χ4n) is 2.93. The molecule has 2 N–H and O–H groups in total. The molecule has 25 heavy (non-hydrogen) atoms. The van der Waals surface area contributed by atoms with Crippen molar-refractivity contribution in [1.29, 1.82) is 0 Å². The highest BCUT2D eigenvalue weighted by atomic mass is 16.4. The van der Waals surface area contributed by atoms with Crippen LogP contribution in [0.1, 0.15) is 12.8 Å². The standard InChI is InChI=1S/C18H23N5O2/c1-22(2)15-5-3-14(4-6-15)21-16-11-17(20-12-19-16)23-9-7-13(8-10-23)18(24)25/h3-6,11-13H,7-10H2,1-2H3,(H,24,25)(H,19,20,21). The molecule has 2 heterocycles. The number of carbonyl (C=O) groups is 1. The summed E-state index contributed by atoms with van der Waals surface area (Å²) in [5.74, 6) is 0.603. The largest absolute Gasteiger partial charge is 0.481 e. The first-order chi connectivity index (χ1) is 12.0. The third-order valence-electron chi connectivity index (χ3n) is 4.48. The van der Waals surface area contributed by atoms with E-state index in [1.165, 1.54) is 6.33 Å². The Kier molecular flexibility index (Phi) is 5.02. The Balaban J connectivity index is 1.66. The van der Waals surface area contributed by atoms with Crippen LogP contribution in [0, 0.1) is 5.92 Å². The van der Waals surface area contributed by atoms with Crippen molar-refractivity contribution in [3.63, 3.8) is 0 Å². The van der Waals surface area contributed by atoms with Gasteiger partial charge in [0.15, 0.2) is 0 Å². The number of hydrogen-bond donors (Lipinski definition) is 2. The third kappa shape index (κ3) is 4.17. The van der Waals surface area contributed by atoms with Gasteiger partial charge in [-0.25, -0.2) is 9.97 Å². The molecule has 1 fully saturated rings. The normalized spacial score (nSPS) is 15.0. The van der Waals surface area contributed by atoms with Crippen molar-refractivity contribution in [2.24, 2.45) is 5.92 Å². The van der Waals surface area contributed by atoms with Gasteiger partial charge < -0.3 is 20.2 Å². The SMILES string of the molecule is CN(C)c1ccc(Nc2cc(N3CCC(C(=O)O)CC3)ncn2)cc1. The molecule has 0 saturated carbocycles. The van der Waals surface area contributed by atoms with Crippen molar-refractivity contribution in [1.82, 2.24) is 9.97 Å². The van der Waals surface area contributed by atoms with Gasteiger partial charge in [-0.3, -0.25) is 4.79 Å². The molecule has 1 aromatic carbocycles. The van der Waals surface area contributed by atoms with Gasteiger partial charge in [-0.2, -0.15) is 0 Å². The van der Waals surface area contributed by atoms with Crippen molar-refractivity contribution >= 4 is 29.0 Å². The van der Waals surface area contributed by atoms with Gasteiger partial charge in [0.1, 0.15) is 18.0 Å². The van der Waals surface area contributed by atoms with Crippen LogP contribution in [-0.2, 0) is 4.79 Å². The van der Waals surface area contributed by atoms with Gasteiger partial charge in [-0.05, 0) is 37.1 Å². The highest BCUT2D eigenvalue weighted by Gasteiger charge is 2.25. The van der Waals surface area contributed by atoms with Crippen LogP contribution in [0.4, 0.5) is 23.0 Å². The van der Waals surface area contributed by atoms with Crippen LogP contribution >= 0.6 is 0 Å². The van der Waals surface area contributed by atoms with E-state index in [-0.39, 0.29) is 5.92 Å². The second kappa shape index (κ2) is 7.38. The second-order valence-electron chi connectivity index (χ2n) is 6.43. The van der Waals surface area contributed by atoms with Crippen molar-refractivity contribution in [2.75, 3.05) is 42.3 Å². The smallest absolute Gasteiger partial charge is 0.306 e. The van der Waals surface area contributed by atoms with Gasteiger partial charge in [0.25, 0.3) is 0 Å². The number of rotatable bonds is 5. The van der Waals surface area contributed by atoms with E-state index in [1.807, 2.05) is 49.3 Å². The van der Waals surface area contributed by atoms with E-state index in [1.54, 1.807) is 0 Å². The van der Waals surface area contributed by atoms with E-state index >= 15 is 0 Å². The highest BCUT2D eigenvalue weighted by molar-refractivity contribution is 5.70. The molecular weight excluding hydrogens is 318 g/mol. The maximum absolute atomic E-state index is 11.1. The predicted octanol–water partition coefficient (Wildman–Crippen LogP) is 2.59. The number of nitrogens with zero attached hydrogens (tertiary/aromatic N) is 4. The molecule has 1 aliphatic heterocycles. The summed E-state index contributed by atoms with van der Waals surface area (Å²) in [6.07, 6.45) is 2.83. The minimum absolute atomic E-state index is 0.245. The molecule has 1 aliphatic rings. The van der Waals surface area contributed by atoms with Crippen LogP contribution in [0.2, 0.25) is 0 Å². The first-order valence-electron chi connectivity index (χ1n) is 8.37. The topological polar surface area (TPSA) is 81.6 Å². The lowest BCUT2D eigenvalue weighted by atomic mass is 9.97. The fourth-order valence-corrected chi connectivity index (χ4v) is 2.93. The zero-order chi connectivity index (χ0) is 17.8. The number of hydrogen-bond acceptors (Lipinski definition) is 6. The number of benzene rings is 1. The molecule has 1 saturated heterocycles. The van der Waals surface area contributed by atoms with E-state index in [0.29, 0.717) is 25.9 Å². The molecular formula is C18H23N5O2. The number of aromatic nitrogens is 2. The molecule has 3 rings (SSSR count).